The first kappa shape index (κ1) is 20.3. The zero-order chi connectivity index (χ0) is 22.1. The molecular formula is C24H25N5O3. The van der Waals surface area contributed by atoms with Crippen molar-refractivity contribution in [3.05, 3.63) is 60.3 Å². The van der Waals surface area contributed by atoms with Crippen LogP contribution in [0.1, 0.15) is 16.8 Å². The molecule has 0 aliphatic carbocycles. The normalized spacial score (nSPS) is 17.4. The summed E-state index contributed by atoms with van der Waals surface area (Å²) in [6.45, 7) is 2.05. The number of hydrogen-bond acceptors (Lipinski definition) is 7. The smallest absolute Gasteiger partial charge is 0.259 e. The van der Waals surface area contributed by atoms with E-state index in [-0.39, 0.29) is 18.7 Å². The molecule has 1 atom stereocenters. The minimum atomic E-state index is -0.0963. The fourth-order valence-corrected chi connectivity index (χ4v) is 4.05. The SMILES string of the molecule is CN1CC[C@H](N(C)C(=O)c2cnc(-c3ccc4c(c3)OCO4)nc2Nc2ccccc2)C1. The molecule has 1 N–H and O–H groups in total. The van der Waals surface area contributed by atoms with Crippen LogP contribution in [-0.4, -0.2) is 65.7 Å². The van der Waals surface area contributed by atoms with Crippen LogP contribution < -0.4 is 14.8 Å². The van der Waals surface area contributed by atoms with E-state index in [4.69, 9.17) is 14.5 Å². The number of ether oxygens (including phenoxy) is 2. The van der Waals surface area contributed by atoms with Gasteiger partial charge in [0.15, 0.2) is 17.3 Å². The van der Waals surface area contributed by atoms with Crippen molar-refractivity contribution >= 4 is 17.4 Å². The van der Waals surface area contributed by atoms with Gasteiger partial charge in [-0.05, 0) is 50.3 Å². The number of aromatic nitrogens is 2. The summed E-state index contributed by atoms with van der Waals surface area (Å²) in [7, 11) is 3.92. The van der Waals surface area contributed by atoms with Gasteiger partial charge in [0.05, 0.1) is 0 Å². The first-order valence-corrected chi connectivity index (χ1v) is 10.6. The van der Waals surface area contributed by atoms with Crippen LogP contribution in [0.2, 0.25) is 0 Å². The Balaban J connectivity index is 1.50. The minimum absolute atomic E-state index is 0.0963. The number of benzene rings is 2. The van der Waals surface area contributed by atoms with Crippen molar-refractivity contribution in [1.29, 1.82) is 0 Å². The van der Waals surface area contributed by atoms with Crippen LogP contribution in [0.5, 0.6) is 11.5 Å². The monoisotopic (exact) mass is 431 g/mol. The Morgan fingerprint density at radius 1 is 1.16 bits per heavy atom. The molecule has 3 aromatic rings. The summed E-state index contributed by atoms with van der Waals surface area (Å²) in [5, 5.41) is 3.31. The standard InChI is InChI=1S/C24H25N5O3/c1-28-11-10-18(14-28)29(2)24(30)19-13-25-22(16-8-9-20-21(12-16)32-15-31-20)27-23(19)26-17-6-4-3-5-7-17/h3-9,12-13,18H,10-11,14-15H2,1-2H3,(H,25,26,27)/t18-/m0/s1. The number of anilines is 2. The quantitative estimate of drug-likeness (QED) is 0.663. The number of carbonyl (C=O) groups excluding carboxylic acids is 1. The molecule has 2 aromatic carbocycles. The van der Waals surface area contributed by atoms with Gasteiger partial charge in [-0.15, -0.1) is 0 Å². The summed E-state index contributed by atoms with van der Waals surface area (Å²) >= 11 is 0. The van der Waals surface area contributed by atoms with Crippen molar-refractivity contribution in [3.8, 4) is 22.9 Å². The molecule has 1 saturated heterocycles. The minimum Gasteiger partial charge on any atom is -0.454 e. The van der Waals surface area contributed by atoms with Crippen molar-refractivity contribution in [1.82, 2.24) is 19.8 Å². The van der Waals surface area contributed by atoms with Gasteiger partial charge in [-0.1, -0.05) is 18.2 Å². The van der Waals surface area contributed by atoms with E-state index in [1.165, 1.54) is 0 Å². The average molecular weight is 431 g/mol. The van der Waals surface area contributed by atoms with E-state index in [9.17, 15) is 4.79 Å². The highest BCUT2D eigenvalue weighted by atomic mass is 16.7. The molecule has 32 heavy (non-hydrogen) atoms. The largest absolute Gasteiger partial charge is 0.454 e. The van der Waals surface area contributed by atoms with Crippen LogP contribution in [0.25, 0.3) is 11.4 Å². The number of likely N-dealkylation sites (tertiary alicyclic amines) is 1. The van der Waals surface area contributed by atoms with Gasteiger partial charge in [0, 0.05) is 37.1 Å². The molecule has 0 saturated carbocycles. The van der Waals surface area contributed by atoms with Gasteiger partial charge in [0.1, 0.15) is 11.4 Å². The highest BCUT2D eigenvalue weighted by Crippen LogP contribution is 2.35. The van der Waals surface area contributed by atoms with Crippen LogP contribution in [0.15, 0.2) is 54.7 Å². The predicted octanol–water partition coefficient (Wildman–Crippen LogP) is 3.39. The molecule has 0 unspecified atom stereocenters. The Kier molecular flexibility index (Phi) is 5.36. The summed E-state index contributed by atoms with van der Waals surface area (Å²) in [6, 6.07) is 15.4. The molecule has 164 valence electrons. The van der Waals surface area contributed by atoms with Gasteiger partial charge < -0.3 is 24.6 Å². The Bertz CT molecular complexity index is 1140. The molecule has 5 rings (SSSR count). The molecule has 8 heteroatoms. The number of fused-ring (bicyclic) bond motifs is 1. The van der Waals surface area contributed by atoms with Gasteiger partial charge in [-0.2, -0.15) is 0 Å². The zero-order valence-corrected chi connectivity index (χ0v) is 18.1. The fraction of sp³-hybridized carbons (Fsp3) is 0.292. The predicted molar refractivity (Wildman–Crippen MR) is 121 cm³/mol. The second-order valence-corrected chi connectivity index (χ2v) is 8.14. The van der Waals surface area contributed by atoms with Crippen LogP contribution in [0.4, 0.5) is 11.5 Å². The van der Waals surface area contributed by atoms with Crippen LogP contribution >= 0.6 is 0 Å². The number of rotatable bonds is 5. The highest BCUT2D eigenvalue weighted by molar-refractivity contribution is 5.99. The van der Waals surface area contributed by atoms with E-state index in [1.54, 1.807) is 11.1 Å². The average Bonchev–Trinajstić information content (AvgIpc) is 3.47. The molecule has 3 heterocycles. The molecule has 1 fully saturated rings. The van der Waals surface area contributed by atoms with E-state index in [2.05, 4.69) is 22.2 Å². The molecule has 0 radical (unpaired) electrons. The number of para-hydroxylation sites is 1. The Morgan fingerprint density at radius 3 is 2.75 bits per heavy atom. The van der Waals surface area contributed by atoms with E-state index < -0.39 is 0 Å². The maximum atomic E-state index is 13.4. The zero-order valence-electron chi connectivity index (χ0n) is 18.1. The number of nitrogens with zero attached hydrogens (tertiary/aromatic N) is 4. The van der Waals surface area contributed by atoms with E-state index in [1.807, 2.05) is 55.6 Å². The van der Waals surface area contributed by atoms with Gasteiger partial charge in [-0.25, -0.2) is 9.97 Å². The second-order valence-electron chi connectivity index (χ2n) is 8.14. The van der Waals surface area contributed by atoms with Crippen molar-refractivity contribution in [2.75, 3.05) is 39.3 Å². The summed E-state index contributed by atoms with van der Waals surface area (Å²) in [4.78, 5) is 26.7. The van der Waals surface area contributed by atoms with Gasteiger partial charge in [0.2, 0.25) is 6.79 Å². The van der Waals surface area contributed by atoms with Crippen LogP contribution in [0.3, 0.4) is 0 Å². The van der Waals surface area contributed by atoms with E-state index in [0.29, 0.717) is 28.7 Å². The first-order valence-electron chi connectivity index (χ1n) is 10.6. The van der Waals surface area contributed by atoms with Crippen molar-refractivity contribution in [3.63, 3.8) is 0 Å². The molecule has 0 spiro atoms. The van der Waals surface area contributed by atoms with Crippen LogP contribution in [0, 0.1) is 0 Å². The Labute approximate surface area is 186 Å². The van der Waals surface area contributed by atoms with Crippen molar-refractivity contribution < 1.29 is 14.3 Å². The number of likely N-dealkylation sites (N-methyl/N-ethyl adjacent to an activating group) is 2. The molecule has 8 nitrogen and oxygen atoms in total. The van der Waals surface area contributed by atoms with Crippen molar-refractivity contribution in [2.24, 2.45) is 0 Å². The van der Waals surface area contributed by atoms with Gasteiger partial charge >= 0.3 is 0 Å². The third kappa shape index (κ3) is 3.97. The number of nitrogens with one attached hydrogen (secondary N) is 1. The highest BCUT2D eigenvalue weighted by Gasteiger charge is 2.29. The summed E-state index contributed by atoms with van der Waals surface area (Å²) in [6.07, 6.45) is 2.56. The molecule has 0 bridgehead atoms. The molecule has 1 amide bonds. The molecular weight excluding hydrogens is 406 g/mol. The maximum absolute atomic E-state index is 13.4. The van der Waals surface area contributed by atoms with E-state index in [0.717, 1.165) is 30.8 Å². The third-order valence-electron chi connectivity index (χ3n) is 5.92. The molecule has 1 aromatic heterocycles. The summed E-state index contributed by atoms with van der Waals surface area (Å²) in [5.74, 6) is 2.24. The summed E-state index contributed by atoms with van der Waals surface area (Å²) < 4.78 is 10.9. The van der Waals surface area contributed by atoms with Crippen LogP contribution in [-0.2, 0) is 0 Å². The number of hydrogen-bond donors (Lipinski definition) is 1. The summed E-state index contributed by atoms with van der Waals surface area (Å²) in [5.41, 5.74) is 2.07. The van der Waals surface area contributed by atoms with Crippen molar-refractivity contribution in [2.45, 2.75) is 12.5 Å². The lowest BCUT2D eigenvalue weighted by molar-refractivity contribution is 0.0738. The lowest BCUT2D eigenvalue weighted by Gasteiger charge is -2.25. The third-order valence-corrected chi connectivity index (χ3v) is 5.92. The van der Waals surface area contributed by atoms with E-state index >= 15 is 0 Å². The second kappa shape index (κ2) is 8.47. The maximum Gasteiger partial charge on any atom is 0.259 e. The Hall–Kier alpha value is -3.65. The Morgan fingerprint density at radius 2 is 1.97 bits per heavy atom. The number of amides is 1. The van der Waals surface area contributed by atoms with Gasteiger partial charge in [-0.3, -0.25) is 4.79 Å². The number of carbonyl (C=O) groups is 1. The molecule has 2 aliphatic rings. The fourth-order valence-electron chi connectivity index (χ4n) is 4.05. The lowest BCUT2D eigenvalue weighted by Crippen LogP contribution is -2.39. The van der Waals surface area contributed by atoms with Gasteiger partial charge in [0.25, 0.3) is 5.91 Å². The first-order chi connectivity index (χ1) is 15.6. The molecule has 2 aliphatic heterocycles. The lowest BCUT2D eigenvalue weighted by atomic mass is 10.1. The topological polar surface area (TPSA) is 79.8 Å².